The van der Waals surface area contributed by atoms with Crippen LogP contribution in [-0.4, -0.2) is 31.8 Å². The van der Waals surface area contributed by atoms with Crippen LogP contribution in [0.5, 0.6) is 23.0 Å². The maximum Gasteiger partial charge on any atom is 0.286 e. The van der Waals surface area contributed by atoms with Gasteiger partial charge in [0, 0.05) is 11.5 Å². The minimum atomic E-state index is -4.77. The number of rotatable bonds is 6. The van der Waals surface area contributed by atoms with E-state index in [0.29, 0.717) is 6.61 Å². The van der Waals surface area contributed by atoms with Gasteiger partial charge in [0.1, 0.15) is 28.7 Å². The largest absolute Gasteiger partial charge is 0.744 e. The Bertz CT molecular complexity index is 2200. The summed E-state index contributed by atoms with van der Waals surface area (Å²) in [7, 11) is -1.03. The van der Waals surface area contributed by atoms with Crippen LogP contribution in [0.15, 0.2) is 102 Å². The van der Waals surface area contributed by atoms with Crippen molar-refractivity contribution in [2.75, 3.05) is 13.9 Å². The van der Waals surface area contributed by atoms with Crippen molar-refractivity contribution < 1.29 is 41.4 Å². The van der Waals surface area contributed by atoms with E-state index in [2.05, 4.69) is 54.2 Å². The highest BCUT2D eigenvalue weighted by Gasteiger charge is 2.22. The van der Waals surface area contributed by atoms with Gasteiger partial charge in [-0.15, -0.1) is 0 Å². The zero-order valence-corrected chi connectivity index (χ0v) is 24.9. The molecule has 0 radical (unpaired) electrons. The van der Waals surface area contributed by atoms with Crippen molar-refractivity contribution in [2.45, 2.75) is 11.5 Å². The van der Waals surface area contributed by atoms with E-state index in [1.165, 1.54) is 12.1 Å². The smallest absolute Gasteiger partial charge is 0.286 e. The molecular weight excluding hydrogens is 600 g/mol. The number of fused-ring (bicyclic) bond motifs is 6. The molecule has 45 heavy (non-hydrogen) atoms. The van der Waals surface area contributed by atoms with Gasteiger partial charge in [-0.1, -0.05) is 48.5 Å². The number of para-hydroxylation sites is 1. The monoisotopic (exact) mass is 626 g/mol. The summed E-state index contributed by atoms with van der Waals surface area (Å²) in [6.45, 7) is 0.736. The fourth-order valence-corrected chi connectivity index (χ4v) is 6.00. The van der Waals surface area contributed by atoms with Crippen LogP contribution in [0.4, 0.5) is 5.69 Å². The average Bonchev–Trinajstić information content (AvgIpc) is 3.50. The number of nitro groups is 1. The second-order valence-corrected chi connectivity index (χ2v) is 11.5. The fraction of sp³-hybridized carbons (Fsp3) is 0.121. The van der Waals surface area contributed by atoms with Gasteiger partial charge in [0.2, 0.25) is 12.3 Å². The third-order valence-corrected chi connectivity index (χ3v) is 8.27. The van der Waals surface area contributed by atoms with Gasteiger partial charge in [0.05, 0.1) is 28.2 Å². The molecule has 228 valence electrons. The number of pyridine rings is 1. The average molecular weight is 627 g/mol. The molecule has 0 N–H and O–H groups in total. The minimum Gasteiger partial charge on any atom is -0.744 e. The number of nitro benzene ring substituents is 1. The van der Waals surface area contributed by atoms with E-state index in [-0.39, 0.29) is 6.79 Å². The molecule has 0 amide bonds. The summed E-state index contributed by atoms with van der Waals surface area (Å²) in [6.07, 6.45) is 2.12. The van der Waals surface area contributed by atoms with Gasteiger partial charge in [-0.05, 0) is 47.3 Å². The molecule has 7 rings (SSSR count). The quantitative estimate of drug-likeness (QED) is 0.0739. The molecule has 2 heterocycles. The highest BCUT2D eigenvalue weighted by molar-refractivity contribution is 7.85. The summed E-state index contributed by atoms with van der Waals surface area (Å²) in [5.41, 5.74) is 1.55. The van der Waals surface area contributed by atoms with Crippen molar-refractivity contribution in [1.82, 2.24) is 0 Å². The lowest BCUT2D eigenvalue weighted by Gasteiger charge is -2.14. The Labute approximate surface area is 257 Å². The topological polar surface area (TPSA) is 141 Å². The molecule has 0 atom stereocenters. The van der Waals surface area contributed by atoms with Crippen molar-refractivity contribution in [3.63, 3.8) is 0 Å². The first-order valence-electron chi connectivity index (χ1n) is 13.7. The maximum atomic E-state index is 10.5. The lowest BCUT2D eigenvalue weighted by molar-refractivity contribution is -0.642. The summed E-state index contributed by atoms with van der Waals surface area (Å²) < 4.78 is 56.8. The van der Waals surface area contributed by atoms with Crippen LogP contribution in [0.2, 0.25) is 0 Å². The Hall–Kier alpha value is -5.46. The second-order valence-electron chi connectivity index (χ2n) is 10.1. The zero-order chi connectivity index (χ0) is 31.7. The molecular formula is C33H26N2O9S. The molecule has 0 unspecified atom stereocenters. The Morgan fingerprint density at radius 3 is 2.24 bits per heavy atom. The number of benzene rings is 5. The third-order valence-electron chi connectivity index (χ3n) is 7.39. The van der Waals surface area contributed by atoms with Gasteiger partial charge in [-0.25, -0.2) is 8.42 Å². The molecule has 1 aliphatic heterocycles. The second kappa shape index (κ2) is 11.9. The molecule has 0 fully saturated rings. The highest BCUT2D eigenvalue weighted by atomic mass is 32.2. The summed E-state index contributed by atoms with van der Waals surface area (Å²) in [5.74, 6) is 3.04. The number of hydrogen-bond donors (Lipinski definition) is 0. The van der Waals surface area contributed by atoms with Gasteiger partial charge >= 0.3 is 0 Å². The first-order chi connectivity index (χ1) is 21.7. The SMILES string of the molecule is COc1ccc2c(c[n+](C)c3c4cc5c(cc4ccc23)OCO5)c1OCc1ccccc1.O=[N+]([O-])c1ccccc1S(=O)(=O)[O-]. The first-order valence-corrected chi connectivity index (χ1v) is 15.1. The van der Waals surface area contributed by atoms with Crippen molar-refractivity contribution in [3.05, 3.63) is 113 Å². The van der Waals surface area contributed by atoms with Gasteiger partial charge in [-0.2, -0.15) is 4.57 Å². The summed E-state index contributed by atoms with van der Waals surface area (Å²) >= 11 is 0. The first kappa shape index (κ1) is 29.6. The van der Waals surface area contributed by atoms with Crippen molar-refractivity contribution in [1.29, 1.82) is 0 Å². The predicted octanol–water partition coefficient (Wildman–Crippen LogP) is 5.79. The number of hydrogen-bond acceptors (Lipinski definition) is 9. The summed E-state index contributed by atoms with van der Waals surface area (Å²) in [5, 5.41) is 15.8. The Kier molecular flexibility index (Phi) is 7.83. The molecule has 11 nitrogen and oxygen atoms in total. The summed E-state index contributed by atoms with van der Waals surface area (Å²) in [4.78, 5) is 8.55. The number of methoxy groups -OCH3 is 1. The van der Waals surface area contributed by atoms with Crippen LogP contribution in [0.3, 0.4) is 0 Å². The van der Waals surface area contributed by atoms with E-state index in [9.17, 15) is 23.1 Å². The lowest BCUT2D eigenvalue weighted by atomic mass is 10.00. The van der Waals surface area contributed by atoms with E-state index < -0.39 is 25.6 Å². The van der Waals surface area contributed by atoms with Crippen LogP contribution in [0.1, 0.15) is 5.56 Å². The van der Waals surface area contributed by atoms with Crippen LogP contribution in [0, 0.1) is 10.1 Å². The molecule has 0 aliphatic carbocycles. The molecule has 12 heteroatoms. The van der Waals surface area contributed by atoms with Crippen molar-refractivity contribution >= 4 is 48.3 Å². The lowest BCUT2D eigenvalue weighted by Crippen LogP contribution is -2.28. The summed E-state index contributed by atoms with van der Waals surface area (Å²) in [6, 6.07) is 27.0. The van der Waals surface area contributed by atoms with Gasteiger partial charge < -0.3 is 23.5 Å². The van der Waals surface area contributed by atoms with Crippen molar-refractivity contribution in [2.24, 2.45) is 7.05 Å². The van der Waals surface area contributed by atoms with Gasteiger partial charge in [-0.3, -0.25) is 10.1 Å². The standard InChI is InChI=1S/C27H22NO4.C6H5NO5S/c1-28-14-22-19(10-11-23(29-2)27(22)30-15-17-6-4-3-5-7-17)20-9-8-18-12-24-25(32-16-31-24)13-21(18)26(20)28;8-7(9)5-3-1-2-4-6(5)13(10,11)12/h3-14H,15-16H2,1-2H3;1-4H,(H,10,11,12)/q+1;/p-1. The number of aryl methyl sites for hydroxylation is 1. The normalized spacial score (nSPS) is 12.2. The minimum absolute atomic E-state index is 0.264. The molecule has 0 bridgehead atoms. The zero-order valence-electron chi connectivity index (χ0n) is 24.1. The van der Waals surface area contributed by atoms with Gasteiger partial charge in [0.25, 0.3) is 5.69 Å². The molecule has 1 aliphatic rings. The third kappa shape index (κ3) is 5.76. The molecule has 0 spiro atoms. The highest BCUT2D eigenvalue weighted by Crippen LogP contribution is 2.42. The van der Waals surface area contributed by atoms with Gasteiger partial charge in [0.15, 0.2) is 29.2 Å². The number of nitrogens with zero attached hydrogens (tertiary/aromatic N) is 2. The van der Waals surface area contributed by atoms with Crippen LogP contribution >= 0.6 is 0 Å². The van der Waals surface area contributed by atoms with E-state index in [1.54, 1.807) is 7.11 Å². The number of aromatic nitrogens is 1. The Morgan fingerprint density at radius 2 is 1.56 bits per heavy atom. The molecule has 0 saturated heterocycles. The van der Waals surface area contributed by atoms with E-state index >= 15 is 0 Å². The van der Waals surface area contributed by atoms with E-state index in [1.807, 2.05) is 30.3 Å². The Balaban J connectivity index is 0.000000232. The van der Waals surface area contributed by atoms with E-state index in [0.717, 1.165) is 73.1 Å². The molecule has 6 aromatic rings. The van der Waals surface area contributed by atoms with Crippen molar-refractivity contribution in [3.8, 4) is 23.0 Å². The molecule has 5 aromatic carbocycles. The predicted molar refractivity (Wildman–Crippen MR) is 165 cm³/mol. The fourth-order valence-electron chi connectivity index (χ4n) is 5.35. The van der Waals surface area contributed by atoms with E-state index in [4.69, 9.17) is 18.9 Å². The van der Waals surface area contributed by atoms with Crippen LogP contribution < -0.4 is 23.5 Å². The van der Waals surface area contributed by atoms with Crippen LogP contribution in [0.25, 0.3) is 32.4 Å². The number of ether oxygens (including phenoxy) is 4. The maximum absolute atomic E-state index is 10.5. The molecule has 1 aromatic heterocycles. The molecule has 0 saturated carbocycles. The van der Waals surface area contributed by atoms with Crippen LogP contribution in [-0.2, 0) is 23.8 Å². The Morgan fingerprint density at radius 1 is 0.867 bits per heavy atom.